The second kappa shape index (κ2) is 13.9. The maximum atomic E-state index is 5.21. The molecule has 10 aromatic rings. The molecule has 0 bridgehead atoms. The molecular weight excluding hydrogens is 715 g/mol. The summed E-state index contributed by atoms with van der Waals surface area (Å²) in [6, 6.07) is 67.5. The summed E-state index contributed by atoms with van der Waals surface area (Å²) in [5.41, 5.74) is 17.3. The molecule has 3 heteroatoms. The van der Waals surface area contributed by atoms with Crippen molar-refractivity contribution in [3.05, 3.63) is 212 Å². The van der Waals surface area contributed by atoms with E-state index in [1.165, 1.54) is 60.7 Å². The molecule has 0 aliphatic heterocycles. The second-order valence-corrected chi connectivity index (χ2v) is 16.0. The van der Waals surface area contributed by atoms with Crippen molar-refractivity contribution in [1.29, 1.82) is 0 Å². The van der Waals surface area contributed by atoms with E-state index in [2.05, 4.69) is 183 Å². The Hall–Kier alpha value is -7.49. The maximum Gasteiger partial charge on any atom is 0.160 e. The van der Waals surface area contributed by atoms with E-state index in [4.69, 9.17) is 9.97 Å². The molecule has 0 N–H and O–H groups in total. The van der Waals surface area contributed by atoms with Crippen LogP contribution in [-0.4, -0.2) is 15.0 Å². The molecule has 3 nitrogen and oxygen atoms in total. The van der Waals surface area contributed by atoms with Crippen molar-refractivity contribution in [2.75, 3.05) is 0 Å². The lowest BCUT2D eigenvalue weighted by atomic mass is 9.77. The highest BCUT2D eigenvalue weighted by Crippen LogP contribution is 2.54. The number of aromatic nitrogens is 3. The Morgan fingerprint density at radius 3 is 1.69 bits per heavy atom. The van der Waals surface area contributed by atoms with Crippen molar-refractivity contribution in [3.8, 4) is 78.4 Å². The molecule has 0 amide bonds. The molecule has 278 valence electrons. The summed E-state index contributed by atoms with van der Waals surface area (Å²) in [6.45, 7) is 4.78. The molecule has 0 radical (unpaired) electrons. The largest absolute Gasteiger partial charge is 0.264 e. The second-order valence-electron chi connectivity index (χ2n) is 16.0. The molecule has 59 heavy (non-hydrogen) atoms. The number of hydrogen-bond donors (Lipinski definition) is 0. The minimum absolute atomic E-state index is 0.141. The van der Waals surface area contributed by atoms with Crippen LogP contribution in [0.3, 0.4) is 0 Å². The highest BCUT2D eigenvalue weighted by Gasteiger charge is 2.38. The number of pyridine rings is 1. The molecule has 0 saturated heterocycles. The highest BCUT2D eigenvalue weighted by molar-refractivity contribution is 6.05. The van der Waals surface area contributed by atoms with Crippen LogP contribution in [-0.2, 0) is 5.41 Å². The van der Waals surface area contributed by atoms with Crippen LogP contribution in [0.2, 0.25) is 0 Å². The van der Waals surface area contributed by atoms with Crippen LogP contribution in [0.1, 0.15) is 25.0 Å². The lowest BCUT2D eigenvalue weighted by Gasteiger charge is -2.26. The fourth-order valence-corrected chi connectivity index (χ4v) is 9.40. The first kappa shape index (κ1) is 34.7. The molecule has 2 heterocycles. The van der Waals surface area contributed by atoms with Gasteiger partial charge in [0, 0.05) is 34.5 Å². The quantitative estimate of drug-likeness (QED) is 0.170. The van der Waals surface area contributed by atoms with Gasteiger partial charge >= 0.3 is 0 Å². The first-order chi connectivity index (χ1) is 29.0. The van der Waals surface area contributed by atoms with Crippen LogP contribution in [0.5, 0.6) is 0 Å². The van der Waals surface area contributed by atoms with Crippen molar-refractivity contribution >= 4 is 21.5 Å². The van der Waals surface area contributed by atoms with Crippen molar-refractivity contribution in [3.63, 3.8) is 0 Å². The summed E-state index contributed by atoms with van der Waals surface area (Å²) in [7, 11) is 0. The third kappa shape index (κ3) is 5.85. The number of rotatable bonds is 6. The molecule has 0 spiro atoms. The van der Waals surface area contributed by atoms with Crippen LogP contribution in [0, 0.1) is 0 Å². The standard InChI is InChI=1S/C56H39N3/c1-56(2)53-45(19-10-20-49(53)50-30-29-37-12-6-7-16-44(37)54(50)56)39-25-23-38(24-26-39)43-31-32-48(47-18-9-8-17-46(43)47)52-34-51(58-55(59-52)41-13-4-3-5-14-41)40-27-21-36(22-28-40)42-15-11-33-57-35-42/h3-35H,1-2H3. The zero-order valence-corrected chi connectivity index (χ0v) is 32.9. The first-order valence-electron chi connectivity index (χ1n) is 20.3. The van der Waals surface area contributed by atoms with E-state index in [9.17, 15) is 0 Å². The predicted molar refractivity (Wildman–Crippen MR) is 245 cm³/mol. The van der Waals surface area contributed by atoms with Crippen LogP contribution >= 0.6 is 0 Å². The van der Waals surface area contributed by atoms with Gasteiger partial charge < -0.3 is 0 Å². The summed E-state index contributed by atoms with van der Waals surface area (Å²) in [5.74, 6) is 0.699. The topological polar surface area (TPSA) is 38.7 Å². The Labute approximate surface area is 344 Å². The maximum absolute atomic E-state index is 5.21. The van der Waals surface area contributed by atoms with Crippen molar-refractivity contribution in [2.45, 2.75) is 19.3 Å². The van der Waals surface area contributed by atoms with E-state index in [-0.39, 0.29) is 5.41 Å². The van der Waals surface area contributed by atoms with Crippen LogP contribution < -0.4 is 0 Å². The summed E-state index contributed by atoms with van der Waals surface area (Å²) in [6.07, 6.45) is 3.69. The van der Waals surface area contributed by atoms with Gasteiger partial charge in [-0.05, 0) is 89.3 Å². The number of benzene rings is 8. The van der Waals surface area contributed by atoms with Gasteiger partial charge in [-0.2, -0.15) is 0 Å². The van der Waals surface area contributed by atoms with E-state index in [0.717, 1.165) is 44.6 Å². The summed E-state index contributed by atoms with van der Waals surface area (Å²) >= 11 is 0. The Kier molecular flexibility index (Phi) is 8.16. The fraction of sp³-hybridized carbons (Fsp3) is 0.0536. The first-order valence-corrected chi connectivity index (χ1v) is 20.3. The lowest BCUT2D eigenvalue weighted by Crippen LogP contribution is -2.16. The monoisotopic (exact) mass is 753 g/mol. The molecule has 0 fully saturated rings. The molecule has 0 atom stereocenters. The Balaban J connectivity index is 0.984. The van der Waals surface area contributed by atoms with Crippen molar-refractivity contribution < 1.29 is 0 Å². The van der Waals surface area contributed by atoms with E-state index < -0.39 is 0 Å². The van der Waals surface area contributed by atoms with Crippen molar-refractivity contribution in [2.24, 2.45) is 0 Å². The number of hydrogen-bond acceptors (Lipinski definition) is 3. The molecule has 0 unspecified atom stereocenters. The SMILES string of the molecule is CC1(C)c2c(-c3ccc(-c4ccc(-c5cc(-c6ccc(-c7cccnc7)cc6)nc(-c6ccccc6)n5)c5ccccc45)cc3)cccc2-c2ccc3ccccc3c21. The third-order valence-corrected chi connectivity index (χ3v) is 12.2. The normalized spacial score (nSPS) is 12.7. The van der Waals surface area contributed by atoms with Crippen LogP contribution in [0.15, 0.2) is 200 Å². The molecule has 2 aromatic heterocycles. The van der Waals surface area contributed by atoms with Gasteiger partial charge in [0.2, 0.25) is 0 Å². The predicted octanol–water partition coefficient (Wildman–Crippen LogP) is 14.5. The zero-order valence-electron chi connectivity index (χ0n) is 32.9. The molecule has 0 saturated carbocycles. The minimum atomic E-state index is -0.141. The van der Waals surface area contributed by atoms with Gasteiger partial charge in [-0.3, -0.25) is 4.98 Å². The summed E-state index contributed by atoms with van der Waals surface area (Å²) < 4.78 is 0. The Bertz CT molecular complexity index is 3200. The van der Waals surface area contributed by atoms with E-state index >= 15 is 0 Å². The molecular formula is C56H39N3. The minimum Gasteiger partial charge on any atom is -0.264 e. The van der Waals surface area contributed by atoms with Crippen molar-refractivity contribution in [1.82, 2.24) is 15.0 Å². The van der Waals surface area contributed by atoms with Gasteiger partial charge in [-0.15, -0.1) is 0 Å². The Morgan fingerprint density at radius 2 is 0.932 bits per heavy atom. The van der Waals surface area contributed by atoms with Crippen LogP contribution in [0.4, 0.5) is 0 Å². The summed E-state index contributed by atoms with van der Waals surface area (Å²) in [4.78, 5) is 14.6. The van der Waals surface area contributed by atoms with E-state index in [0.29, 0.717) is 5.82 Å². The van der Waals surface area contributed by atoms with Crippen LogP contribution in [0.25, 0.3) is 100.0 Å². The van der Waals surface area contributed by atoms with E-state index in [1.54, 1.807) is 6.20 Å². The van der Waals surface area contributed by atoms with Gasteiger partial charge in [-0.1, -0.05) is 190 Å². The lowest BCUT2D eigenvalue weighted by molar-refractivity contribution is 0.668. The average Bonchev–Trinajstić information content (AvgIpc) is 3.55. The molecule has 11 rings (SSSR count). The highest BCUT2D eigenvalue weighted by atomic mass is 14.9. The van der Waals surface area contributed by atoms with Gasteiger partial charge in [-0.25, -0.2) is 9.97 Å². The van der Waals surface area contributed by atoms with E-state index in [1.807, 2.05) is 30.5 Å². The zero-order chi connectivity index (χ0) is 39.5. The smallest absolute Gasteiger partial charge is 0.160 e. The molecule has 1 aliphatic rings. The van der Waals surface area contributed by atoms with Gasteiger partial charge in [0.25, 0.3) is 0 Å². The van der Waals surface area contributed by atoms with Gasteiger partial charge in [0.1, 0.15) is 0 Å². The third-order valence-electron chi connectivity index (χ3n) is 12.2. The van der Waals surface area contributed by atoms with Gasteiger partial charge in [0.05, 0.1) is 11.4 Å². The number of nitrogens with zero attached hydrogens (tertiary/aromatic N) is 3. The molecule has 1 aliphatic carbocycles. The average molecular weight is 754 g/mol. The molecule has 8 aromatic carbocycles. The fourth-order valence-electron chi connectivity index (χ4n) is 9.40. The summed E-state index contributed by atoms with van der Waals surface area (Å²) in [5, 5.41) is 4.97. The Morgan fingerprint density at radius 1 is 0.356 bits per heavy atom. The van der Waals surface area contributed by atoms with Gasteiger partial charge in [0.15, 0.2) is 5.82 Å². The number of fused-ring (bicyclic) bond motifs is 6.